The predicted octanol–water partition coefficient (Wildman–Crippen LogP) is 9.13. The molecule has 4 aliphatic carbocycles. The van der Waals surface area contributed by atoms with E-state index in [1.807, 2.05) is 24.3 Å². The van der Waals surface area contributed by atoms with Gasteiger partial charge in [-0.1, -0.05) is 148 Å². The van der Waals surface area contributed by atoms with Gasteiger partial charge in [0.2, 0.25) is 11.8 Å². The number of hydrogen-bond donors (Lipinski definition) is 4. The maximum Gasteiger partial charge on any atom is 0.331 e. The lowest BCUT2D eigenvalue weighted by Gasteiger charge is -2.60. The Labute approximate surface area is 488 Å². The average molecular weight is 1160 g/mol. The van der Waals surface area contributed by atoms with E-state index in [9.17, 15) is 43.5 Å². The Morgan fingerprint density at radius 1 is 0.778 bits per heavy atom. The third-order valence-electron chi connectivity index (χ3n) is 15.7. The molecule has 81 heavy (non-hydrogen) atoms. The molecule has 0 heterocycles. The fourth-order valence-electron chi connectivity index (χ4n) is 11.8. The molecule has 4 rings (SSSR count). The van der Waals surface area contributed by atoms with Crippen LogP contribution in [-0.2, 0) is 57.3 Å². The molecular weight excluding hydrogens is 1070 g/mol. The van der Waals surface area contributed by atoms with Crippen LogP contribution in [0, 0.1) is 45.8 Å². The highest BCUT2D eigenvalue weighted by atomic mass is 33.1. The number of ketones is 2. The van der Waals surface area contributed by atoms with Gasteiger partial charge in [0.05, 0.1) is 19.6 Å². The Bertz CT molecular complexity index is 2420. The van der Waals surface area contributed by atoms with Crippen molar-refractivity contribution in [3.05, 3.63) is 109 Å². The number of aliphatic hydroxyl groups is 1. The molecule has 3 fully saturated rings. The zero-order valence-electron chi connectivity index (χ0n) is 48.7. The second-order valence-electron chi connectivity index (χ2n) is 22.2. The molecule has 0 radical (unpaired) electrons. The summed E-state index contributed by atoms with van der Waals surface area (Å²) >= 11 is 0. The van der Waals surface area contributed by atoms with Crippen molar-refractivity contribution >= 4 is 68.8 Å². The van der Waals surface area contributed by atoms with Crippen LogP contribution in [-0.4, -0.2) is 123 Å². The number of ether oxygens (including phenoxy) is 4. The minimum absolute atomic E-state index is 0.00108. The Morgan fingerprint density at radius 3 is 1.96 bits per heavy atom. The first-order chi connectivity index (χ1) is 38.8. The molecule has 0 aromatic carbocycles. The largest absolute Gasteiger partial charge is 0.466 e. The second-order valence-corrected chi connectivity index (χ2v) is 24.9. The number of rotatable bonds is 35. The van der Waals surface area contributed by atoms with Crippen molar-refractivity contribution in [2.75, 3.05) is 58.1 Å². The summed E-state index contributed by atoms with van der Waals surface area (Å²) in [7, 11) is 4.17. The van der Waals surface area contributed by atoms with E-state index in [0.29, 0.717) is 37.4 Å². The van der Waals surface area contributed by atoms with Crippen molar-refractivity contribution in [2.45, 2.75) is 131 Å². The average Bonchev–Trinajstić information content (AvgIpc) is 2.83. The van der Waals surface area contributed by atoms with E-state index >= 15 is 0 Å². The summed E-state index contributed by atoms with van der Waals surface area (Å²) in [6, 6.07) is 0. The van der Waals surface area contributed by atoms with Crippen molar-refractivity contribution in [3.63, 3.8) is 0 Å². The van der Waals surface area contributed by atoms with Gasteiger partial charge in [-0.15, -0.1) is 0 Å². The first-order valence-corrected chi connectivity index (χ1v) is 31.1. The molecule has 16 nitrogen and oxygen atoms in total. The molecule has 0 spiro atoms. The van der Waals surface area contributed by atoms with Crippen LogP contribution in [0.1, 0.15) is 119 Å². The lowest BCUT2D eigenvalue weighted by molar-refractivity contribution is -0.165. The van der Waals surface area contributed by atoms with Gasteiger partial charge in [0.25, 0.3) is 5.91 Å². The van der Waals surface area contributed by atoms with Crippen LogP contribution >= 0.6 is 21.6 Å². The van der Waals surface area contributed by atoms with Gasteiger partial charge in [-0.25, -0.2) is 9.59 Å². The second kappa shape index (κ2) is 35.4. The standard InChI is InChI=1S/C63H89N3O13S2/c1-8-9-10-11-12-13-14-15-16-17-18-19-20-21-22-23-24-25-26-56(73)78-44-61(3,4)59(79-57(74)30-29-55(72)76-7)60(75)66-34-32-53(70)64-35-37-80-81-38-36-65-54(71)43-77-42-52(69)49-28-27-48-47-39-45(2)50-40-46(67)31-33-62(50,5)58(47)51(68)41-63(48,49)6/h9-10,12-13,15-16,18-19,21-22,24-25,29-31,33,40,45,47-49,51,58-59,68H,8,11,14,17,20,23,26-28,32,34-39,41-44H2,1-7H3,(H,64,70)(H,65,71)(H,66,75)/b10-9-,13-12-,16-15-,19-18-,22-21-,25-24-,30-29+/t45-,47-,48?,49+,51-,58+,59-,62-,63-/m0/s1. The Hall–Kier alpha value is -5.56. The van der Waals surface area contributed by atoms with Crippen LogP contribution in [0.4, 0.5) is 0 Å². The SMILES string of the molecule is CC/C=C\C/C=C\C/C=C\C/C=C\C/C=C\C/C=C\CC(=O)OCC(C)(C)[C@@H](OC(=O)/C=C/C(=O)OC)C(=O)NCCC(=O)NCCSSCCNC(=O)COCC(=O)[C@H]1CCC2[C@@H]3C[C@H](C)C4=CC(=O)C=C[C@]4(C)[C@H]3[C@@H](O)C[C@@]21C. The topological polar surface area (TPSA) is 230 Å². The van der Waals surface area contributed by atoms with Crippen molar-refractivity contribution in [1.29, 1.82) is 0 Å². The fraction of sp³-hybridized carbons (Fsp3) is 0.587. The molecule has 3 saturated carbocycles. The highest BCUT2D eigenvalue weighted by molar-refractivity contribution is 8.76. The molecule has 0 aliphatic heterocycles. The highest BCUT2D eigenvalue weighted by Gasteiger charge is 2.63. The van der Waals surface area contributed by atoms with Crippen LogP contribution in [0.3, 0.4) is 0 Å². The Balaban J connectivity index is 1.07. The lowest BCUT2D eigenvalue weighted by Crippen LogP contribution is -2.57. The molecule has 4 aliphatic rings. The molecule has 18 heteroatoms. The number of carbonyl (C=O) groups excluding carboxylic acids is 8. The van der Waals surface area contributed by atoms with Crippen molar-refractivity contribution in [3.8, 4) is 0 Å². The molecule has 0 aromatic rings. The normalized spacial score (nSPS) is 24.9. The number of methoxy groups -OCH3 is 1. The predicted molar refractivity (Wildman–Crippen MR) is 319 cm³/mol. The molecular formula is C63H89N3O13S2. The van der Waals surface area contributed by atoms with E-state index in [1.165, 1.54) is 21.6 Å². The fourth-order valence-corrected chi connectivity index (χ4v) is 13.6. The van der Waals surface area contributed by atoms with Gasteiger partial charge >= 0.3 is 17.9 Å². The van der Waals surface area contributed by atoms with Crippen LogP contribution in [0.25, 0.3) is 0 Å². The van der Waals surface area contributed by atoms with Gasteiger partial charge in [-0.3, -0.25) is 28.8 Å². The number of amides is 3. The molecule has 0 aromatic heterocycles. The van der Waals surface area contributed by atoms with E-state index in [1.54, 1.807) is 32.1 Å². The van der Waals surface area contributed by atoms with E-state index in [2.05, 4.69) is 97.0 Å². The van der Waals surface area contributed by atoms with E-state index < -0.39 is 41.4 Å². The highest BCUT2D eigenvalue weighted by Crippen LogP contribution is 2.67. The molecule has 4 N–H and O–H groups in total. The number of esters is 3. The zero-order chi connectivity index (χ0) is 59.3. The summed E-state index contributed by atoms with van der Waals surface area (Å²) in [5.41, 5.74) is -0.879. The molecule has 9 atom stereocenters. The van der Waals surface area contributed by atoms with Gasteiger partial charge < -0.3 is 40.0 Å². The molecule has 1 unspecified atom stereocenters. The van der Waals surface area contributed by atoms with Crippen molar-refractivity contribution in [2.24, 2.45) is 45.8 Å². The maximum absolute atomic E-state index is 13.6. The van der Waals surface area contributed by atoms with Crippen LogP contribution in [0.5, 0.6) is 0 Å². The van der Waals surface area contributed by atoms with Crippen LogP contribution < -0.4 is 16.0 Å². The smallest absolute Gasteiger partial charge is 0.331 e. The number of allylic oxidation sites excluding steroid dienone is 15. The summed E-state index contributed by atoms with van der Waals surface area (Å²) in [5.74, 6) is -2.18. The summed E-state index contributed by atoms with van der Waals surface area (Å²) < 4.78 is 21.1. The number of Topliss-reactive ketones (excluding diaryl/α,β-unsaturated/α-hetero) is 1. The monoisotopic (exact) mass is 1160 g/mol. The summed E-state index contributed by atoms with van der Waals surface area (Å²) in [6.07, 6.45) is 38.0. The quantitative estimate of drug-likeness (QED) is 0.0116. The van der Waals surface area contributed by atoms with Crippen molar-refractivity contribution < 1.29 is 62.4 Å². The lowest BCUT2D eigenvalue weighted by atomic mass is 9.45. The van der Waals surface area contributed by atoms with Crippen LogP contribution in [0.2, 0.25) is 0 Å². The number of carbonyl (C=O) groups is 8. The summed E-state index contributed by atoms with van der Waals surface area (Å²) in [4.78, 5) is 101. The van der Waals surface area contributed by atoms with Gasteiger partial charge in [0, 0.05) is 72.4 Å². The minimum atomic E-state index is -1.47. The Kier molecular flexibility index (Phi) is 29.7. The summed E-state index contributed by atoms with van der Waals surface area (Å²) in [6.45, 7) is 11.7. The van der Waals surface area contributed by atoms with E-state index in [-0.39, 0.29) is 103 Å². The number of aliphatic hydroxyl groups excluding tert-OH is 1. The number of hydrogen-bond acceptors (Lipinski definition) is 15. The Morgan fingerprint density at radius 2 is 1.36 bits per heavy atom. The van der Waals surface area contributed by atoms with Gasteiger partial charge in [0.15, 0.2) is 17.7 Å². The van der Waals surface area contributed by atoms with Crippen LogP contribution in [0.15, 0.2) is 109 Å². The third kappa shape index (κ3) is 22.3. The van der Waals surface area contributed by atoms with Gasteiger partial charge in [-0.05, 0) is 99.5 Å². The maximum atomic E-state index is 13.6. The van der Waals surface area contributed by atoms with Gasteiger partial charge in [0.1, 0.15) is 19.8 Å². The number of nitrogens with one attached hydrogen (secondary N) is 3. The van der Waals surface area contributed by atoms with E-state index in [0.717, 1.165) is 76.2 Å². The first-order valence-electron chi connectivity index (χ1n) is 28.6. The molecule has 0 saturated heterocycles. The minimum Gasteiger partial charge on any atom is -0.466 e. The van der Waals surface area contributed by atoms with Crippen molar-refractivity contribution in [1.82, 2.24) is 16.0 Å². The zero-order valence-corrected chi connectivity index (χ0v) is 50.3. The van der Waals surface area contributed by atoms with Gasteiger partial charge in [-0.2, -0.15) is 0 Å². The first kappa shape index (κ1) is 67.9. The number of fused-ring (bicyclic) bond motifs is 5. The third-order valence-corrected chi connectivity index (χ3v) is 18.1. The molecule has 446 valence electrons. The molecule has 3 amide bonds. The molecule has 0 bridgehead atoms. The summed E-state index contributed by atoms with van der Waals surface area (Å²) in [5, 5.41) is 19.9. The van der Waals surface area contributed by atoms with E-state index in [4.69, 9.17) is 14.2 Å².